The molecule has 3 rings (SSSR count). The lowest BCUT2D eigenvalue weighted by atomic mass is 9.95. The van der Waals surface area contributed by atoms with E-state index < -0.39 is 0 Å². The van der Waals surface area contributed by atoms with Crippen molar-refractivity contribution in [2.75, 3.05) is 18.1 Å². The van der Waals surface area contributed by atoms with Crippen molar-refractivity contribution in [2.24, 2.45) is 5.73 Å². The Morgan fingerprint density at radius 2 is 2.18 bits per heavy atom. The minimum absolute atomic E-state index is 0.225. The van der Waals surface area contributed by atoms with Gasteiger partial charge in [0.1, 0.15) is 11.9 Å². The highest BCUT2D eigenvalue weighted by molar-refractivity contribution is 7.99. The molecular weight excluding hydrogens is 230 g/mol. The molecule has 1 unspecified atom stereocenters. The first kappa shape index (κ1) is 11.4. The van der Waals surface area contributed by atoms with Crippen molar-refractivity contribution in [1.82, 2.24) is 0 Å². The number of ether oxygens (including phenoxy) is 1. The van der Waals surface area contributed by atoms with Crippen LogP contribution in [-0.4, -0.2) is 24.2 Å². The molecule has 2 fully saturated rings. The first-order valence-electron chi connectivity index (χ1n) is 6.38. The predicted octanol–water partition coefficient (Wildman–Crippen LogP) is 2.56. The van der Waals surface area contributed by atoms with Crippen LogP contribution in [0, 0.1) is 0 Å². The molecule has 1 saturated heterocycles. The van der Waals surface area contributed by atoms with Crippen molar-refractivity contribution in [1.29, 1.82) is 0 Å². The van der Waals surface area contributed by atoms with Crippen LogP contribution in [0.4, 0.5) is 0 Å². The first-order chi connectivity index (χ1) is 8.34. The summed E-state index contributed by atoms with van der Waals surface area (Å²) < 4.78 is 6.16. The number of hydrogen-bond donors (Lipinski definition) is 1. The second-order valence-corrected chi connectivity index (χ2v) is 6.23. The molecular formula is C14H19NOS. The van der Waals surface area contributed by atoms with E-state index >= 15 is 0 Å². The van der Waals surface area contributed by atoms with Crippen molar-refractivity contribution in [2.45, 2.75) is 30.8 Å². The normalized spacial score (nSPS) is 25.8. The number of nitrogens with two attached hydrogens (primary N) is 1. The Hall–Kier alpha value is -0.670. The molecule has 1 heterocycles. The topological polar surface area (TPSA) is 35.2 Å². The minimum Gasteiger partial charge on any atom is -0.489 e. The summed E-state index contributed by atoms with van der Waals surface area (Å²) in [5.41, 5.74) is 7.48. The van der Waals surface area contributed by atoms with E-state index in [1.54, 1.807) is 0 Å². The van der Waals surface area contributed by atoms with Gasteiger partial charge in [-0.1, -0.05) is 18.2 Å². The first-order valence-corrected chi connectivity index (χ1v) is 7.53. The number of hydrogen-bond acceptors (Lipinski definition) is 3. The Kier molecular flexibility index (Phi) is 3.05. The van der Waals surface area contributed by atoms with Crippen molar-refractivity contribution in [3.8, 4) is 5.75 Å². The molecule has 17 heavy (non-hydrogen) atoms. The molecule has 0 aromatic heterocycles. The molecule has 2 N–H and O–H groups in total. The summed E-state index contributed by atoms with van der Waals surface area (Å²) in [6.07, 6.45) is 4.00. The Labute approximate surface area is 107 Å². The lowest BCUT2D eigenvalue weighted by Gasteiger charge is -2.20. The maximum atomic E-state index is 6.16. The van der Waals surface area contributed by atoms with E-state index in [1.807, 2.05) is 11.8 Å². The quantitative estimate of drug-likeness (QED) is 0.890. The third-order valence-electron chi connectivity index (χ3n) is 3.88. The van der Waals surface area contributed by atoms with Gasteiger partial charge in [0, 0.05) is 23.3 Å². The van der Waals surface area contributed by atoms with Crippen LogP contribution in [0.2, 0.25) is 0 Å². The summed E-state index contributed by atoms with van der Waals surface area (Å²) in [4.78, 5) is 0. The van der Waals surface area contributed by atoms with Crippen molar-refractivity contribution < 1.29 is 4.74 Å². The molecule has 1 aliphatic carbocycles. The van der Waals surface area contributed by atoms with E-state index in [4.69, 9.17) is 10.5 Å². The fourth-order valence-corrected chi connectivity index (χ4v) is 3.62. The third-order valence-corrected chi connectivity index (χ3v) is 5.02. The second kappa shape index (κ2) is 4.54. The lowest BCUT2D eigenvalue weighted by molar-refractivity contribution is 0.225. The molecule has 2 aliphatic rings. The fraction of sp³-hybridized carbons (Fsp3) is 0.571. The SMILES string of the molecule is NCC1(c2ccccc2OC2CCSC2)CC1. The van der Waals surface area contributed by atoms with Gasteiger partial charge < -0.3 is 10.5 Å². The van der Waals surface area contributed by atoms with Gasteiger partial charge in [-0.25, -0.2) is 0 Å². The zero-order valence-corrected chi connectivity index (χ0v) is 10.8. The van der Waals surface area contributed by atoms with Gasteiger partial charge in [0.25, 0.3) is 0 Å². The molecule has 0 spiro atoms. The van der Waals surface area contributed by atoms with Crippen LogP contribution in [0.15, 0.2) is 24.3 Å². The van der Waals surface area contributed by atoms with Crippen LogP contribution in [0.3, 0.4) is 0 Å². The molecule has 1 saturated carbocycles. The van der Waals surface area contributed by atoms with E-state index in [-0.39, 0.29) is 5.41 Å². The molecule has 1 aromatic carbocycles. The highest BCUT2D eigenvalue weighted by Crippen LogP contribution is 2.50. The van der Waals surface area contributed by atoms with E-state index in [0.29, 0.717) is 6.10 Å². The van der Waals surface area contributed by atoms with Crippen molar-refractivity contribution in [3.05, 3.63) is 29.8 Å². The van der Waals surface area contributed by atoms with Gasteiger partial charge in [-0.15, -0.1) is 0 Å². The van der Waals surface area contributed by atoms with Gasteiger partial charge in [0.15, 0.2) is 0 Å². The minimum atomic E-state index is 0.225. The van der Waals surface area contributed by atoms with Gasteiger partial charge in [0.2, 0.25) is 0 Å². The largest absolute Gasteiger partial charge is 0.489 e. The molecule has 0 amide bonds. The Balaban J connectivity index is 1.83. The summed E-state index contributed by atoms with van der Waals surface area (Å²) in [7, 11) is 0. The van der Waals surface area contributed by atoms with E-state index in [9.17, 15) is 0 Å². The van der Waals surface area contributed by atoms with Gasteiger partial charge in [-0.2, -0.15) is 11.8 Å². The molecule has 0 radical (unpaired) electrons. The molecule has 92 valence electrons. The zero-order valence-electron chi connectivity index (χ0n) is 10.0. The smallest absolute Gasteiger partial charge is 0.123 e. The van der Waals surface area contributed by atoms with Crippen LogP contribution in [-0.2, 0) is 5.41 Å². The Bertz CT molecular complexity index is 397. The zero-order chi connectivity index (χ0) is 11.7. The summed E-state index contributed by atoms with van der Waals surface area (Å²) in [5.74, 6) is 3.43. The molecule has 0 bridgehead atoms. The van der Waals surface area contributed by atoms with Crippen molar-refractivity contribution >= 4 is 11.8 Å². The molecule has 1 atom stereocenters. The van der Waals surface area contributed by atoms with Gasteiger partial charge >= 0.3 is 0 Å². The second-order valence-electron chi connectivity index (χ2n) is 5.08. The molecule has 1 aliphatic heterocycles. The summed E-state index contributed by atoms with van der Waals surface area (Å²) >= 11 is 1.99. The van der Waals surface area contributed by atoms with Crippen LogP contribution in [0.5, 0.6) is 5.75 Å². The number of rotatable bonds is 4. The van der Waals surface area contributed by atoms with E-state index in [2.05, 4.69) is 24.3 Å². The van der Waals surface area contributed by atoms with Gasteiger partial charge in [-0.3, -0.25) is 0 Å². The van der Waals surface area contributed by atoms with E-state index in [1.165, 1.54) is 30.6 Å². The average molecular weight is 249 g/mol. The van der Waals surface area contributed by atoms with Gasteiger partial charge in [-0.05, 0) is 31.1 Å². The molecule has 1 aromatic rings. The number of para-hydroxylation sites is 1. The molecule has 3 heteroatoms. The van der Waals surface area contributed by atoms with Crippen LogP contribution in [0.25, 0.3) is 0 Å². The summed E-state index contributed by atoms with van der Waals surface area (Å²) in [6.45, 7) is 0.743. The van der Waals surface area contributed by atoms with Crippen molar-refractivity contribution in [3.63, 3.8) is 0 Å². The monoisotopic (exact) mass is 249 g/mol. The third kappa shape index (κ3) is 2.18. The highest BCUT2D eigenvalue weighted by atomic mass is 32.2. The number of thioether (sulfide) groups is 1. The maximum absolute atomic E-state index is 6.16. The highest BCUT2D eigenvalue weighted by Gasteiger charge is 2.44. The number of benzene rings is 1. The lowest BCUT2D eigenvalue weighted by Crippen LogP contribution is -2.22. The standard InChI is InChI=1S/C14H19NOS/c15-10-14(6-7-14)12-3-1-2-4-13(12)16-11-5-8-17-9-11/h1-4,11H,5-10,15H2. The Morgan fingerprint density at radius 3 is 2.82 bits per heavy atom. The predicted molar refractivity (Wildman–Crippen MR) is 72.8 cm³/mol. The summed E-state index contributed by atoms with van der Waals surface area (Å²) in [6, 6.07) is 8.46. The van der Waals surface area contributed by atoms with Crippen LogP contribution in [0.1, 0.15) is 24.8 Å². The van der Waals surface area contributed by atoms with Crippen LogP contribution >= 0.6 is 11.8 Å². The fourth-order valence-electron chi connectivity index (χ4n) is 2.53. The average Bonchev–Trinajstić information content (AvgIpc) is 3.01. The van der Waals surface area contributed by atoms with E-state index in [0.717, 1.165) is 18.0 Å². The maximum Gasteiger partial charge on any atom is 0.123 e. The molecule has 2 nitrogen and oxygen atoms in total. The Morgan fingerprint density at radius 1 is 1.35 bits per heavy atom. The van der Waals surface area contributed by atoms with Gasteiger partial charge in [0.05, 0.1) is 0 Å². The van der Waals surface area contributed by atoms with Crippen LogP contribution < -0.4 is 10.5 Å². The summed E-state index contributed by atoms with van der Waals surface area (Å²) in [5, 5.41) is 0.